The van der Waals surface area contributed by atoms with E-state index in [9.17, 15) is 0 Å². The zero-order valence-corrected chi connectivity index (χ0v) is 7.86. The Labute approximate surface area is 81.1 Å². The molecule has 0 saturated carbocycles. The summed E-state index contributed by atoms with van der Waals surface area (Å²) in [5, 5.41) is 13.6. The number of aromatic nitrogens is 1. The summed E-state index contributed by atoms with van der Waals surface area (Å²) in [5.41, 5.74) is 1.47. The van der Waals surface area contributed by atoms with Gasteiger partial charge in [-0.15, -0.1) is 0 Å². The third-order valence-corrected chi connectivity index (χ3v) is 2.10. The molecule has 14 heavy (non-hydrogen) atoms. The summed E-state index contributed by atoms with van der Waals surface area (Å²) in [4.78, 5) is 0. The van der Waals surface area contributed by atoms with E-state index in [1.165, 1.54) is 0 Å². The molecular weight excluding hydrogens is 182 g/mol. The Morgan fingerprint density at radius 3 is 3.07 bits per heavy atom. The summed E-state index contributed by atoms with van der Waals surface area (Å²) in [6, 6.07) is 5.51. The maximum Gasteiger partial charge on any atom is 0.170 e. The van der Waals surface area contributed by atoms with Crippen molar-refractivity contribution in [3.8, 4) is 5.75 Å². The van der Waals surface area contributed by atoms with Crippen molar-refractivity contribution >= 4 is 11.0 Å². The van der Waals surface area contributed by atoms with E-state index in [4.69, 9.17) is 14.4 Å². The molecular formula is C10H11NO3. The largest absolute Gasteiger partial charge is 0.497 e. The molecule has 0 bridgehead atoms. The average Bonchev–Trinajstić information content (AvgIpc) is 2.61. The first kappa shape index (κ1) is 9.02. The first-order chi connectivity index (χ1) is 6.85. The second kappa shape index (κ2) is 3.67. The van der Waals surface area contributed by atoms with Crippen LogP contribution >= 0.6 is 0 Å². The highest BCUT2D eigenvalue weighted by Gasteiger charge is 2.07. The Bertz CT molecular complexity index is 436. The van der Waals surface area contributed by atoms with Gasteiger partial charge in [0.1, 0.15) is 5.75 Å². The highest BCUT2D eigenvalue weighted by atomic mass is 16.5. The monoisotopic (exact) mass is 193 g/mol. The van der Waals surface area contributed by atoms with Crippen molar-refractivity contribution in [2.24, 2.45) is 0 Å². The lowest BCUT2D eigenvalue weighted by molar-refractivity contribution is 0.295. The lowest BCUT2D eigenvalue weighted by atomic mass is 10.2. The van der Waals surface area contributed by atoms with Crippen LogP contribution in [0.25, 0.3) is 11.0 Å². The van der Waals surface area contributed by atoms with Crippen LogP contribution in [0.5, 0.6) is 5.75 Å². The number of aliphatic hydroxyl groups is 1. The van der Waals surface area contributed by atoms with Crippen LogP contribution in [-0.2, 0) is 6.42 Å². The van der Waals surface area contributed by atoms with Gasteiger partial charge in [0.05, 0.1) is 12.8 Å². The van der Waals surface area contributed by atoms with E-state index in [2.05, 4.69) is 5.16 Å². The lowest BCUT2D eigenvalue weighted by Crippen LogP contribution is -1.90. The Morgan fingerprint density at radius 2 is 2.36 bits per heavy atom. The average molecular weight is 193 g/mol. The highest BCUT2D eigenvalue weighted by Crippen LogP contribution is 2.23. The van der Waals surface area contributed by atoms with Gasteiger partial charge >= 0.3 is 0 Å². The third-order valence-electron chi connectivity index (χ3n) is 2.10. The SMILES string of the molecule is COc1ccc2c(CCO)noc2c1. The predicted octanol–water partition coefficient (Wildman–Crippen LogP) is 1.37. The molecule has 0 amide bonds. The number of rotatable bonds is 3. The van der Waals surface area contributed by atoms with Crippen LogP contribution in [0, 0.1) is 0 Å². The number of hydrogen-bond acceptors (Lipinski definition) is 4. The number of fused-ring (bicyclic) bond motifs is 1. The quantitative estimate of drug-likeness (QED) is 0.799. The topological polar surface area (TPSA) is 55.5 Å². The number of hydrogen-bond donors (Lipinski definition) is 1. The molecule has 0 fully saturated rings. The van der Waals surface area contributed by atoms with Crippen LogP contribution in [0.1, 0.15) is 5.69 Å². The van der Waals surface area contributed by atoms with E-state index in [1.807, 2.05) is 12.1 Å². The van der Waals surface area contributed by atoms with Crippen LogP contribution in [-0.4, -0.2) is 24.0 Å². The van der Waals surface area contributed by atoms with Gasteiger partial charge in [0.15, 0.2) is 5.58 Å². The highest BCUT2D eigenvalue weighted by molar-refractivity contribution is 5.80. The van der Waals surface area contributed by atoms with E-state index in [0.29, 0.717) is 12.0 Å². The molecule has 0 radical (unpaired) electrons. The molecule has 4 heteroatoms. The van der Waals surface area contributed by atoms with Crippen LogP contribution < -0.4 is 4.74 Å². The Hall–Kier alpha value is -1.55. The maximum atomic E-state index is 8.79. The normalized spacial score (nSPS) is 10.7. The van der Waals surface area contributed by atoms with Gasteiger partial charge in [0.2, 0.25) is 0 Å². The van der Waals surface area contributed by atoms with E-state index in [0.717, 1.165) is 16.8 Å². The molecule has 1 heterocycles. The summed E-state index contributed by atoms with van der Waals surface area (Å²) >= 11 is 0. The fourth-order valence-corrected chi connectivity index (χ4v) is 1.38. The summed E-state index contributed by atoms with van der Waals surface area (Å²) in [7, 11) is 1.60. The van der Waals surface area contributed by atoms with E-state index >= 15 is 0 Å². The molecule has 2 aromatic rings. The fraction of sp³-hybridized carbons (Fsp3) is 0.300. The van der Waals surface area contributed by atoms with Crippen LogP contribution in [0.4, 0.5) is 0 Å². The minimum absolute atomic E-state index is 0.0770. The zero-order valence-electron chi connectivity index (χ0n) is 7.86. The van der Waals surface area contributed by atoms with Gasteiger partial charge in [-0.05, 0) is 12.1 Å². The first-order valence-electron chi connectivity index (χ1n) is 4.38. The standard InChI is InChI=1S/C10H11NO3/c1-13-7-2-3-8-9(4-5-12)11-14-10(8)6-7/h2-3,6,12H,4-5H2,1H3. The molecule has 1 aromatic carbocycles. The number of ether oxygens (including phenoxy) is 1. The Balaban J connectivity index is 2.48. The van der Waals surface area contributed by atoms with E-state index in [1.54, 1.807) is 13.2 Å². The maximum absolute atomic E-state index is 8.79. The summed E-state index contributed by atoms with van der Waals surface area (Å²) in [5.74, 6) is 0.740. The van der Waals surface area contributed by atoms with Crippen molar-refractivity contribution in [2.75, 3.05) is 13.7 Å². The second-order valence-corrected chi connectivity index (χ2v) is 2.96. The molecule has 0 spiro atoms. The Morgan fingerprint density at radius 1 is 1.50 bits per heavy atom. The van der Waals surface area contributed by atoms with Crippen molar-refractivity contribution in [1.29, 1.82) is 0 Å². The van der Waals surface area contributed by atoms with Gasteiger partial charge < -0.3 is 14.4 Å². The van der Waals surface area contributed by atoms with Gasteiger partial charge in [-0.2, -0.15) is 0 Å². The number of benzene rings is 1. The van der Waals surface area contributed by atoms with E-state index in [-0.39, 0.29) is 6.61 Å². The van der Waals surface area contributed by atoms with Crippen molar-refractivity contribution in [3.63, 3.8) is 0 Å². The lowest BCUT2D eigenvalue weighted by Gasteiger charge is -1.97. The molecule has 0 aliphatic rings. The fourth-order valence-electron chi connectivity index (χ4n) is 1.38. The van der Waals surface area contributed by atoms with Crippen molar-refractivity contribution in [1.82, 2.24) is 5.16 Å². The molecule has 0 saturated heterocycles. The summed E-state index contributed by atoms with van der Waals surface area (Å²) in [6.45, 7) is 0.0770. The van der Waals surface area contributed by atoms with Crippen molar-refractivity contribution in [3.05, 3.63) is 23.9 Å². The van der Waals surface area contributed by atoms with Crippen molar-refractivity contribution < 1.29 is 14.4 Å². The van der Waals surface area contributed by atoms with Gasteiger partial charge in [-0.25, -0.2) is 0 Å². The predicted molar refractivity (Wildman–Crippen MR) is 51.4 cm³/mol. The first-order valence-corrected chi connectivity index (χ1v) is 4.38. The molecule has 2 rings (SSSR count). The minimum atomic E-state index is 0.0770. The van der Waals surface area contributed by atoms with Crippen LogP contribution in [0.2, 0.25) is 0 Å². The van der Waals surface area contributed by atoms with Crippen LogP contribution in [0.15, 0.2) is 22.7 Å². The number of methoxy groups -OCH3 is 1. The molecule has 1 aromatic heterocycles. The third kappa shape index (κ3) is 1.44. The molecule has 1 N–H and O–H groups in total. The molecule has 4 nitrogen and oxygen atoms in total. The van der Waals surface area contributed by atoms with Gasteiger partial charge in [0, 0.05) is 24.5 Å². The second-order valence-electron chi connectivity index (χ2n) is 2.96. The molecule has 0 atom stereocenters. The van der Waals surface area contributed by atoms with Gasteiger partial charge in [-0.3, -0.25) is 0 Å². The Kier molecular flexibility index (Phi) is 2.37. The smallest absolute Gasteiger partial charge is 0.170 e. The van der Waals surface area contributed by atoms with Crippen molar-refractivity contribution in [2.45, 2.75) is 6.42 Å². The van der Waals surface area contributed by atoms with Gasteiger partial charge in [0.25, 0.3) is 0 Å². The molecule has 0 aliphatic heterocycles. The van der Waals surface area contributed by atoms with Crippen LogP contribution in [0.3, 0.4) is 0 Å². The summed E-state index contributed by atoms with van der Waals surface area (Å²) < 4.78 is 10.2. The number of nitrogens with zero attached hydrogens (tertiary/aromatic N) is 1. The van der Waals surface area contributed by atoms with Gasteiger partial charge in [-0.1, -0.05) is 5.16 Å². The molecule has 0 aliphatic carbocycles. The number of aliphatic hydroxyl groups excluding tert-OH is 1. The molecule has 74 valence electrons. The molecule has 0 unspecified atom stereocenters. The minimum Gasteiger partial charge on any atom is -0.497 e. The zero-order chi connectivity index (χ0) is 9.97. The summed E-state index contributed by atoms with van der Waals surface area (Å²) in [6.07, 6.45) is 0.513. The van der Waals surface area contributed by atoms with E-state index < -0.39 is 0 Å².